The first-order valence-electron chi connectivity index (χ1n) is 7.88. The van der Waals surface area contributed by atoms with Gasteiger partial charge in [-0.25, -0.2) is 9.97 Å². The Labute approximate surface area is 121 Å². The third kappa shape index (κ3) is 2.94. The fraction of sp³-hybridized carbons (Fsp3) is 0.733. The van der Waals surface area contributed by atoms with E-state index in [2.05, 4.69) is 19.8 Å². The zero-order valence-corrected chi connectivity index (χ0v) is 12.2. The summed E-state index contributed by atoms with van der Waals surface area (Å²) in [6.07, 6.45) is 7.68. The van der Waals surface area contributed by atoms with E-state index in [-0.39, 0.29) is 0 Å². The van der Waals surface area contributed by atoms with Gasteiger partial charge in [0.2, 0.25) is 0 Å². The average molecular weight is 275 g/mol. The van der Waals surface area contributed by atoms with E-state index in [1.807, 2.05) is 0 Å². The van der Waals surface area contributed by atoms with Crippen LogP contribution in [0.5, 0.6) is 0 Å². The number of rotatable bonds is 4. The minimum Gasteiger partial charge on any atom is -0.354 e. The Balaban J connectivity index is 1.66. The van der Waals surface area contributed by atoms with Crippen LogP contribution in [0.15, 0.2) is 6.33 Å². The number of nitrogens with two attached hydrogens (primary N) is 1. The molecule has 0 spiro atoms. The number of anilines is 1. The molecule has 110 valence electrons. The molecule has 1 aromatic heterocycles. The van der Waals surface area contributed by atoms with Crippen molar-refractivity contribution in [3.8, 4) is 0 Å². The molecule has 2 heterocycles. The molecule has 3 rings (SSSR count). The Morgan fingerprint density at radius 1 is 1.05 bits per heavy atom. The normalized spacial score (nSPS) is 19.9. The van der Waals surface area contributed by atoms with Gasteiger partial charge in [-0.2, -0.15) is 0 Å². The van der Waals surface area contributed by atoms with Crippen LogP contribution in [0.2, 0.25) is 0 Å². The van der Waals surface area contributed by atoms with Crippen LogP contribution >= 0.6 is 0 Å². The Hall–Kier alpha value is -1.20. The molecule has 0 aromatic carbocycles. The highest BCUT2D eigenvalue weighted by Gasteiger charge is 2.23. The number of aromatic nitrogens is 2. The molecule has 1 fully saturated rings. The van der Waals surface area contributed by atoms with Gasteiger partial charge in [-0.15, -0.1) is 0 Å². The zero-order valence-electron chi connectivity index (χ0n) is 12.2. The van der Waals surface area contributed by atoms with Crippen LogP contribution in [-0.2, 0) is 12.8 Å². The summed E-state index contributed by atoms with van der Waals surface area (Å²) in [4.78, 5) is 14.0. The Morgan fingerprint density at radius 2 is 1.85 bits per heavy atom. The Morgan fingerprint density at radius 3 is 2.65 bits per heavy atom. The van der Waals surface area contributed by atoms with E-state index in [4.69, 9.17) is 5.73 Å². The lowest BCUT2D eigenvalue weighted by Gasteiger charge is -2.36. The minimum absolute atomic E-state index is 0.791. The summed E-state index contributed by atoms with van der Waals surface area (Å²) >= 11 is 0. The van der Waals surface area contributed by atoms with E-state index < -0.39 is 0 Å². The van der Waals surface area contributed by atoms with Crippen LogP contribution in [0.25, 0.3) is 0 Å². The predicted molar refractivity (Wildman–Crippen MR) is 81.0 cm³/mol. The standard InChI is InChI=1S/C15H25N5/c16-6-3-7-19-8-10-20(11-9-19)15-13-4-1-2-5-14(13)17-12-18-15/h12H,1-11,16H2. The van der Waals surface area contributed by atoms with Crippen molar-refractivity contribution >= 4 is 5.82 Å². The zero-order chi connectivity index (χ0) is 13.8. The largest absolute Gasteiger partial charge is 0.354 e. The second-order valence-corrected chi connectivity index (χ2v) is 5.80. The summed E-state index contributed by atoms with van der Waals surface area (Å²) in [7, 11) is 0. The van der Waals surface area contributed by atoms with Crippen LogP contribution in [-0.4, -0.2) is 54.1 Å². The molecule has 0 unspecified atom stereocenters. The molecule has 20 heavy (non-hydrogen) atoms. The van der Waals surface area contributed by atoms with E-state index in [1.165, 1.54) is 29.9 Å². The van der Waals surface area contributed by atoms with Gasteiger partial charge in [0.1, 0.15) is 12.1 Å². The maximum atomic E-state index is 5.59. The molecule has 0 atom stereocenters. The lowest BCUT2D eigenvalue weighted by Crippen LogP contribution is -2.47. The van der Waals surface area contributed by atoms with Crippen molar-refractivity contribution in [3.63, 3.8) is 0 Å². The first-order chi connectivity index (χ1) is 9.88. The number of hydrogen-bond acceptors (Lipinski definition) is 5. The summed E-state index contributed by atoms with van der Waals surface area (Å²) in [6, 6.07) is 0. The van der Waals surface area contributed by atoms with Gasteiger partial charge in [-0.05, 0) is 45.2 Å². The summed E-state index contributed by atoms with van der Waals surface area (Å²) in [5.74, 6) is 1.20. The summed E-state index contributed by atoms with van der Waals surface area (Å²) in [5, 5.41) is 0. The second-order valence-electron chi connectivity index (χ2n) is 5.80. The summed E-state index contributed by atoms with van der Waals surface area (Å²) in [5.41, 5.74) is 8.28. The van der Waals surface area contributed by atoms with Gasteiger partial charge in [0.15, 0.2) is 0 Å². The van der Waals surface area contributed by atoms with Gasteiger partial charge in [0.25, 0.3) is 0 Å². The topological polar surface area (TPSA) is 58.3 Å². The third-order valence-corrected chi connectivity index (χ3v) is 4.45. The van der Waals surface area contributed by atoms with Gasteiger partial charge in [-0.1, -0.05) is 0 Å². The van der Waals surface area contributed by atoms with Gasteiger partial charge < -0.3 is 10.6 Å². The van der Waals surface area contributed by atoms with Crippen molar-refractivity contribution in [1.29, 1.82) is 0 Å². The van der Waals surface area contributed by atoms with E-state index in [0.29, 0.717) is 0 Å². The highest BCUT2D eigenvalue weighted by molar-refractivity contribution is 5.50. The molecule has 0 radical (unpaired) electrons. The highest BCUT2D eigenvalue weighted by Crippen LogP contribution is 2.27. The molecule has 0 saturated carbocycles. The first-order valence-corrected chi connectivity index (χ1v) is 7.88. The predicted octanol–water partition coefficient (Wildman–Crippen LogP) is 0.826. The fourth-order valence-electron chi connectivity index (χ4n) is 3.27. The van der Waals surface area contributed by atoms with E-state index in [9.17, 15) is 0 Å². The monoisotopic (exact) mass is 275 g/mol. The van der Waals surface area contributed by atoms with Crippen molar-refractivity contribution in [2.75, 3.05) is 44.2 Å². The maximum absolute atomic E-state index is 5.59. The highest BCUT2D eigenvalue weighted by atomic mass is 15.3. The maximum Gasteiger partial charge on any atom is 0.135 e. The van der Waals surface area contributed by atoms with Crippen molar-refractivity contribution in [3.05, 3.63) is 17.6 Å². The van der Waals surface area contributed by atoms with Gasteiger partial charge >= 0.3 is 0 Å². The van der Waals surface area contributed by atoms with E-state index in [0.717, 1.165) is 58.5 Å². The summed E-state index contributed by atoms with van der Waals surface area (Å²) < 4.78 is 0. The van der Waals surface area contributed by atoms with Crippen LogP contribution < -0.4 is 10.6 Å². The summed E-state index contributed by atoms with van der Waals surface area (Å²) in [6.45, 7) is 6.32. The van der Waals surface area contributed by atoms with Gasteiger partial charge in [-0.3, -0.25) is 4.90 Å². The van der Waals surface area contributed by atoms with Crippen molar-refractivity contribution < 1.29 is 0 Å². The van der Waals surface area contributed by atoms with Crippen LogP contribution in [0.1, 0.15) is 30.5 Å². The molecule has 2 aliphatic rings. The Kier molecular flexibility index (Phi) is 4.47. The minimum atomic E-state index is 0.791. The molecular weight excluding hydrogens is 250 g/mol. The van der Waals surface area contributed by atoms with Crippen LogP contribution in [0.4, 0.5) is 5.82 Å². The van der Waals surface area contributed by atoms with E-state index in [1.54, 1.807) is 6.33 Å². The average Bonchev–Trinajstić information content (AvgIpc) is 2.53. The molecule has 2 N–H and O–H groups in total. The SMILES string of the molecule is NCCCN1CCN(c2ncnc3c2CCCC3)CC1. The number of nitrogens with zero attached hydrogens (tertiary/aromatic N) is 4. The fourth-order valence-corrected chi connectivity index (χ4v) is 3.27. The molecule has 1 saturated heterocycles. The lowest BCUT2D eigenvalue weighted by atomic mass is 9.96. The quantitative estimate of drug-likeness (QED) is 0.882. The van der Waals surface area contributed by atoms with Crippen molar-refractivity contribution in [1.82, 2.24) is 14.9 Å². The number of fused-ring (bicyclic) bond motifs is 1. The lowest BCUT2D eigenvalue weighted by molar-refractivity contribution is 0.255. The third-order valence-electron chi connectivity index (χ3n) is 4.45. The van der Waals surface area contributed by atoms with Crippen molar-refractivity contribution in [2.24, 2.45) is 5.73 Å². The first kappa shape index (κ1) is 13.8. The Bertz CT molecular complexity index is 440. The smallest absolute Gasteiger partial charge is 0.135 e. The molecule has 0 amide bonds. The van der Waals surface area contributed by atoms with Gasteiger partial charge in [0.05, 0.1) is 0 Å². The molecular formula is C15H25N5. The molecule has 1 aliphatic heterocycles. The molecule has 5 heteroatoms. The van der Waals surface area contributed by atoms with Crippen molar-refractivity contribution in [2.45, 2.75) is 32.1 Å². The number of piperazine rings is 1. The molecule has 1 aliphatic carbocycles. The number of aryl methyl sites for hydroxylation is 1. The molecule has 0 bridgehead atoms. The van der Waals surface area contributed by atoms with Crippen LogP contribution in [0.3, 0.4) is 0 Å². The van der Waals surface area contributed by atoms with E-state index >= 15 is 0 Å². The van der Waals surface area contributed by atoms with Gasteiger partial charge in [0, 0.05) is 37.4 Å². The second kappa shape index (κ2) is 6.50. The molecule has 5 nitrogen and oxygen atoms in total. The number of hydrogen-bond donors (Lipinski definition) is 1. The van der Waals surface area contributed by atoms with Crippen LogP contribution in [0, 0.1) is 0 Å². The molecule has 1 aromatic rings.